The van der Waals surface area contributed by atoms with Gasteiger partial charge in [-0.25, -0.2) is 9.97 Å². The molecule has 0 radical (unpaired) electrons. The molecule has 2 aromatic heterocycles. The summed E-state index contributed by atoms with van der Waals surface area (Å²) < 4.78 is 11.1. The number of ether oxygens (including phenoxy) is 2. The molecule has 4 aromatic rings. The third-order valence-corrected chi connectivity index (χ3v) is 6.17. The number of fused-ring (bicyclic) bond motifs is 1. The lowest BCUT2D eigenvalue weighted by molar-refractivity contribution is 0.380. The van der Waals surface area contributed by atoms with Crippen LogP contribution >= 0.6 is 0 Å². The minimum atomic E-state index is 0.128. The van der Waals surface area contributed by atoms with Gasteiger partial charge in [0.15, 0.2) is 0 Å². The molecule has 0 fully saturated rings. The highest BCUT2D eigenvalue weighted by atomic mass is 16.5. The van der Waals surface area contributed by atoms with Crippen molar-refractivity contribution in [3.05, 3.63) is 72.2 Å². The monoisotopic (exact) mass is 483 g/mol. The van der Waals surface area contributed by atoms with Crippen LogP contribution in [0.3, 0.4) is 0 Å². The number of benzene rings is 2. The molecule has 0 saturated heterocycles. The third kappa shape index (κ3) is 4.86. The molecule has 3 heterocycles. The van der Waals surface area contributed by atoms with Crippen LogP contribution in [0.25, 0.3) is 11.0 Å². The highest BCUT2D eigenvalue weighted by Crippen LogP contribution is 2.35. The number of hydrazone groups is 1. The van der Waals surface area contributed by atoms with Gasteiger partial charge in [-0.15, -0.1) is 0 Å². The van der Waals surface area contributed by atoms with Crippen LogP contribution in [0.15, 0.2) is 65.9 Å². The molecule has 2 aromatic carbocycles. The molecule has 0 aliphatic carbocycles. The lowest BCUT2D eigenvalue weighted by Gasteiger charge is -2.26. The van der Waals surface area contributed by atoms with Gasteiger partial charge < -0.3 is 19.7 Å². The fraction of sp³-hybridized carbons (Fsp3) is 0.259. The Kier molecular flexibility index (Phi) is 6.53. The minimum Gasteiger partial charge on any atom is -0.497 e. The van der Waals surface area contributed by atoms with Crippen molar-refractivity contribution in [3.63, 3.8) is 0 Å². The summed E-state index contributed by atoms with van der Waals surface area (Å²) in [5, 5.41) is 9.38. The van der Waals surface area contributed by atoms with E-state index in [0.29, 0.717) is 18.0 Å². The van der Waals surface area contributed by atoms with Crippen molar-refractivity contribution in [1.82, 2.24) is 20.0 Å². The lowest BCUT2D eigenvalue weighted by atomic mass is 10.1. The van der Waals surface area contributed by atoms with E-state index >= 15 is 0 Å². The zero-order valence-corrected chi connectivity index (χ0v) is 20.8. The zero-order valence-electron chi connectivity index (χ0n) is 20.8. The van der Waals surface area contributed by atoms with E-state index < -0.39 is 0 Å². The van der Waals surface area contributed by atoms with Gasteiger partial charge in [-0.2, -0.15) is 5.10 Å². The second-order valence-corrected chi connectivity index (χ2v) is 8.60. The Morgan fingerprint density at radius 3 is 2.47 bits per heavy atom. The first-order chi connectivity index (χ1) is 17.6. The number of hydrogen-bond acceptors (Lipinski definition) is 9. The fourth-order valence-electron chi connectivity index (χ4n) is 4.25. The van der Waals surface area contributed by atoms with Gasteiger partial charge in [0.25, 0.3) is 0 Å². The summed E-state index contributed by atoms with van der Waals surface area (Å²) >= 11 is 0. The molecule has 184 valence electrons. The molecular weight excluding hydrogens is 454 g/mol. The van der Waals surface area contributed by atoms with Crippen molar-refractivity contribution in [2.75, 3.05) is 45.1 Å². The molecular formula is C27H29N7O2. The molecule has 1 N–H and O–H groups in total. The first-order valence-electron chi connectivity index (χ1n) is 11.7. The van der Waals surface area contributed by atoms with Crippen LogP contribution in [0.1, 0.15) is 17.3 Å². The van der Waals surface area contributed by atoms with Crippen molar-refractivity contribution in [1.29, 1.82) is 0 Å². The number of rotatable bonds is 8. The number of aromatic nitrogens is 3. The molecule has 0 saturated carbocycles. The molecule has 1 aliphatic heterocycles. The maximum absolute atomic E-state index is 5.55. The van der Waals surface area contributed by atoms with Crippen molar-refractivity contribution >= 4 is 34.4 Å². The molecule has 1 unspecified atom stereocenters. The lowest BCUT2D eigenvalue weighted by Crippen LogP contribution is -2.18. The zero-order chi connectivity index (χ0) is 25.1. The Morgan fingerprint density at radius 1 is 0.972 bits per heavy atom. The van der Waals surface area contributed by atoms with Crippen LogP contribution in [-0.2, 0) is 6.54 Å². The molecule has 9 heteroatoms. The smallest absolute Gasteiger partial charge is 0.126 e. The topological polar surface area (TPSA) is 88.0 Å². The Labute approximate surface area is 210 Å². The average molecular weight is 484 g/mol. The van der Waals surface area contributed by atoms with Gasteiger partial charge in [-0.3, -0.25) is 9.99 Å². The van der Waals surface area contributed by atoms with Crippen LogP contribution in [0, 0.1) is 0 Å². The highest BCUT2D eigenvalue weighted by molar-refractivity contribution is 5.82. The van der Waals surface area contributed by atoms with E-state index in [2.05, 4.69) is 32.4 Å². The van der Waals surface area contributed by atoms with Gasteiger partial charge in [-0.05, 0) is 30.3 Å². The van der Waals surface area contributed by atoms with Crippen LogP contribution in [0.4, 0.5) is 17.2 Å². The van der Waals surface area contributed by atoms with Crippen molar-refractivity contribution in [3.8, 4) is 11.5 Å². The van der Waals surface area contributed by atoms with Gasteiger partial charge >= 0.3 is 0 Å². The third-order valence-electron chi connectivity index (χ3n) is 6.17. The quantitative estimate of drug-likeness (QED) is 0.394. The second-order valence-electron chi connectivity index (χ2n) is 8.60. The van der Waals surface area contributed by atoms with E-state index in [1.54, 1.807) is 14.2 Å². The minimum absolute atomic E-state index is 0.128. The van der Waals surface area contributed by atoms with Gasteiger partial charge in [0.05, 0.1) is 49.1 Å². The van der Waals surface area contributed by atoms with Crippen molar-refractivity contribution < 1.29 is 9.47 Å². The molecule has 1 atom stereocenters. The van der Waals surface area contributed by atoms with Crippen LogP contribution < -0.4 is 19.7 Å². The molecule has 36 heavy (non-hydrogen) atoms. The first kappa shape index (κ1) is 23.3. The summed E-state index contributed by atoms with van der Waals surface area (Å²) in [5.74, 6) is 2.35. The standard InChI is InChI=1S/C27H29N7O2/c1-28-27-7-5-6-19(31-27)17-34(21-10-22(35-3)13-23(11-21)36-4)20-8-9-24-25(12-20)32-26(15-29-24)18-14-30-33(2)16-18/h5-15,18H,16-17H2,1-4H3,(H,28,31). The predicted molar refractivity (Wildman–Crippen MR) is 143 cm³/mol. The number of likely N-dealkylation sites (N-methyl/N-ethyl adjacent to an activating group) is 1. The van der Waals surface area contributed by atoms with Crippen molar-refractivity contribution in [2.24, 2.45) is 5.10 Å². The normalized spacial score (nSPS) is 14.8. The van der Waals surface area contributed by atoms with E-state index in [9.17, 15) is 0 Å². The van der Waals surface area contributed by atoms with E-state index in [0.717, 1.165) is 46.2 Å². The molecule has 0 amide bonds. The Bertz CT molecular complexity index is 1390. The van der Waals surface area contributed by atoms with Crippen LogP contribution in [0.2, 0.25) is 0 Å². The van der Waals surface area contributed by atoms with E-state index in [1.807, 2.05) is 74.0 Å². The Hall–Kier alpha value is -4.40. The maximum Gasteiger partial charge on any atom is 0.126 e. The van der Waals surface area contributed by atoms with Crippen LogP contribution in [0.5, 0.6) is 11.5 Å². The van der Waals surface area contributed by atoms with E-state index in [-0.39, 0.29) is 5.92 Å². The summed E-state index contributed by atoms with van der Waals surface area (Å²) in [4.78, 5) is 16.5. The molecule has 1 aliphatic rings. The number of nitrogens with one attached hydrogen (secondary N) is 1. The summed E-state index contributed by atoms with van der Waals surface area (Å²) in [5.41, 5.74) is 5.35. The summed E-state index contributed by atoms with van der Waals surface area (Å²) in [6.07, 6.45) is 3.77. The first-order valence-corrected chi connectivity index (χ1v) is 11.7. The van der Waals surface area contributed by atoms with Gasteiger partial charge in [0.2, 0.25) is 0 Å². The number of hydrogen-bond donors (Lipinski definition) is 1. The maximum atomic E-state index is 5.55. The van der Waals surface area contributed by atoms with Crippen molar-refractivity contribution in [2.45, 2.75) is 12.5 Å². The highest BCUT2D eigenvalue weighted by Gasteiger charge is 2.20. The van der Waals surface area contributed by atoms with E-state index in [4.69, 9.17) is 19.4 Å². The number of nitrogens with zero attached hydrogens (tertiary/aromatic N) is 6. The summed E-state index contributed by atoms with van der Waals surface area (Å²) in [6.45, 7) is 1.33. The summed E-state index contributed by atoms with van der Waals surface area (Å²) in [7, 11) is 7.12. The number of pyridine rings is 1. The Balaban J connectivity index is 1.59. The molecule has 0 bridgehead atoms. The molecule has 5 rings (SSSR count). The van der Waals surface area contributed by atoms with Crippen LogP contribution in [-0.4, -0.2) is 61.0 Å². The second kappa shape index (κ2) is 10.1. The predicted octanol–water partition coefficient (Wildman–Crippen LogP) is 4.44. The molecule has 0 spiro atoms. The average Bonchev–Trinajstić information content (AvgIpc) is 3.37. The fourth-order valence-corrected chi connectivity index (χ4v) is 4.25. The SMILES string of the molecule is CNc1cccc(CN(c2cc(OC)cc(OC)c2)c2ccc3ncc(C4C=NN(C)C4)nc3c2)n1. The van der Waals surface area contributed by atoms with Gasteiger partial charge in [0.1, 0.15) is 17.3 Å². The molecule has 9 nitrogen and oxygen atoms in total. The summed E-state index contributed by atoms with van der Waals surface area (Å²) in [6, 6.07) is 17.9. The van der Waals surface area contributed by atoms with E-state index in [1.165, 1.54) is 0 Å². The number of anilines is 3. The largest absolute Gasteiger partial charge is 0.497 e. The Morgan fingerprint density at radius 2 is 1.78 bits per heavy atom. The number of methoxy groups -OCH3 is 2. The van der Waals surface area contributed by atoms with Gasteiger partial charge in [-0.1, -0.05) is 6.07 Å². The van der Waals surface area contributed by atoms with Gasteiger partial charge in [0, 0.05) is 62.6 Å².